The van der Waals surface area contributed by atoms with Crippen LogP contribution in [-0.4, -0.2) is 33.2 Å². The van der Waals surface area contributed by atoms with Crippen LogP contribution >= 0.6 is 35.0 Å². The lowest BCUT2D eigenvalue weighted by molar-refractivity contribution is -0.119. The van der Waals surface area contributed by atoms with Crippen molar-refractivity contribution in [2.45, 2.75) is 10.6 Å². The van der Waals surface area contributed by atoms with E-state index in [1.165, 1.54) is 12.1 Å². The molecule has 0 aliphatic rings. The number of nitrogens with one attached hydrogen (secondary N) is 1. The quantitative estimate of drug-likeness (QED) is 0.380. The van der Waals surface area contributed by atoms with Gasteiger partial charge in [-0.25, -0.2) is 8.42 Å². The lowest BCUT2D eigenvalue weighted by Gasteiger charge is -2.24. The summed E-state index contributed by atoms with van der Waals surface area (Å²) in [6.07, 6.45) is 0. The van der Waals surface area contributed by atoms with Crippen LogP contribution in [0, 0.1) is 0 Å². The maximum absolute atomic E-state index is 13.2. The van der Waals surface area contributed by atoms with Crippen molar-refractivity contribution in [1.29, 1.82) is 0 Å². The van der Waals surface area contributed by atoms with Gasteiger partial charge in [0, 0.05) is 18.1 Å². The van der Waals surface area contributed by atoms with Crippen molar-refractivity contribution >= 4 is 56.6 Å². The van der Waals surface area contributed by atoms with Crippen LogP contribution in [0.4, 0.5) is 5.69 Å². The number of thioether (sulfide) groups is 1. The van der Waals surface area contributed by atoms with Crippen molar-refractivity contribution in [2.24, 2.45) is 0 Å². The molecule has 0 fully saturated rings. The van der Waals surface area contributed by atoms with Crippen LogP contribution in [0.3, 0.4) is 0 Å². The molecule has 0 saturated carbocycles. The molecule has 1 amide bonds. The summed E-state index contributed by atoms with van der Waals surface area (Å²) in [4.78, 5) is 12.7. The number of rotatable bonds is 10. The van der Waals surface area contributed by atoms with Gasteiger partial charge in [0.05, 0.1) is 20.6 Å². The SMILES string of the molecule is O=C(CN(c1ccccc1)S(=O)(=O)c1ccccc1)NCCSCc1ccc(Cl)c(Cl)c1. The van der Waals surface area contributed by atoms with Gasteiger partial charge in [-0.2, -0.15) is 11.8 Å². The van der Waals surface area contributed by atoms with Crippen LogP contribution in [0.5, 0.6) is 0 Å². The number of hydrogen-bond donors (Lipinski definition) is 1. The zero-order valence-corrected chi connectivity index (χ0v) is 20.2. The summed E-state index contributed by atoms with van der Waals surface area (Å²) in [6.45, 7) is 0.109. The third-order valence-corrected chi connectivity index (χ3v) is 8.04. The fourth-order valence-corrected chi connectivity index (χ4v) is 5.47. The molecular formula is C23H22Cl2N2O3S2. The predicted octanol–water partition coefficient (Wildman–Crippen LogP) is 5.24. The van der Waals surface area contributed by atoms with Gasteiger partial charge in [0.2, 0.25) is 5.91 Å². The summed E-state index contributed by atoms with van der Waals surface area (Å²) < 4.78 is 27.5. The Hall–Kier alpha value is -2.19. The van der Waals surface area contributed by atoms with E-state index in [9.17, 15) is 13.2 Å². The second-order valence-corrected chi connectivity index (χ2v) is 10.6. The highest BCUT2D eigenvalue weighted by atomic mass is 35.5. The molecule has 168 valence electrons. The Morgan fingerprint density at radius 1 is 0.906 bits per heavy atom. The van der Waals surface area contributed by atoms with Crippen LogP contribution in [0.2, 0.25) is 10.0 Å². The molecule has 0 unspecified atom stereocenters. The molecule has 0 aliphatic heterocycles. The molecule has 0 bridgehead atoms. The highest BCUT2D eigenvalue weighted by Gasteiger charge is 2.26. The normalized spacial score (nSPS) is 11.2. The molecule has 0 radical (unpaired) electrons. The van der Waals surface area contributed by atoms with Gasteiger partial charge in [-0.15, -0.1) is 0 Å². The number of carbonyl (C=O) groups is 1. The van der Waals surface area contributed by atoms with Gasteiger partial charge in [0.1, 0.15) is 6.54 Å². The average molecular weight is 509 g/mol. The Morgan fingerprint density at radius 3 is 2.22 bits per heavy atom. The summed E-state index contributed by atoms with van der Waals surface area (Å²) in [5.74, 6) is 1.03. The Morgan fingerprint density at radius 2 is 1.56 bits per heavy atom. The third-order valence-electron chi connectivity index (χ3n) is 4.48. The van der Waals surface area contributed by atoms with E-state index in [1.807, 2.05) is 12.1 Å². The van der Waals surface area contributed by atoms with E-state index in [-0.39, 0.29) is 17.3 Å². The zero-order chi connectivity index (χ0) is 23.0. The molecule has 3 rings (SSSR count). The number of sulfonamides is 1. The number of carbonyl (C=O) groups excluding carboxylic acids is 1. The van der Waals surface area contributed by atoms with E-state index in [0.29, 0.717) is 28.0 Å². The summed E-state index contributed by atoms with van der Waals surface area (Å²) in [6, 6.07) is 22.2. The highest BCUT2D eigenvalue weighted by Crippen LogP contribution is 2.25. The Bertz CT molecular complexity index is 1140. The predicted molar refractivity (Wildman–Crippen MR) is 133 cm³/mol. The molecule has 0 heterocycles. The van der Waals surface area contributed by atoms with Gasteiger partial charge < -0.3 is 5.32 Å². The molecule has 3 aromatic carbocycles. The van der Waals surface area contributed by atoms with Crippen LogP contribution in [0.25, 0.3) is 0 Å². The molecule has 0 aromatic heterocycles. The molecule has 9 heteroatoms. The topological polar surface area (TPSA) is 66.5 Å². The monoisotopic (exact) mass is 508 g/mol. The van der Waals surface area contributed by atoms with Gasteiger partial charge >= 0.3 is 0 Å². The largest absolute Gasteiger partial charge is 0.354 e. The van der Waals surface area contributed by atoms with Crippen molar-refractivity contribution in [1.82, 2.24) is 5.32 Å². The van der Waals surface area contributed by atoms with Crippen molar-refractivity contribution in [3.8, 4) is 0 Å². The molecule has 3 aromatic rings. The molecule has 0 spiro atoms. The van der Waals surface area contributed by atoms with Crippen LogP contribution in [0.15, 0.2) is 83.8 Å². The van der Waals surface area contributed by atoms with E-state index in [2.05, 4.69) is 5.32 Å². The molecular weight excluding hydrogens is 487 g/mol. The van der Waals surface area contributed by atoms with Gasteiger partial charge in [0.25, 0.3) is 10.0 Å². The minimum atomic E-state index is -3.88. The van der Waals surface area contributed by atoms with Gasteiger partial charge in [0.15, 0.2) is 0 Å². The number of benzene rings is 3. The van der Waals surface area contributed by atoms with Crippen molar-refractivity contribution in [3.05, 3.63) is 94.5 Å². The minimum Gasteiger partial charge on any atom is -0.354 e. The summed E-state index contributed by atoms with van der Waals surface area (Å²) in [5, 5.41) is 3.83. The lowest BCUT2D eigenvalue weighted by atomic mass is 10.2. The first-order valence-corrected chi connectivity index (χ1v) is 13.1. The highest BCUT2D eigenvalue weighted by molar-refractivity contribution is 7.98. The average Bonchev–Trinajstić information content (AvgIpc) is 2.80. The standard InChI is InChI=1S/C23H22Cl2N2O3S2/c24-21-12-11-18(15-22(21)25)17-31-14-13-26-23(28)16-27(19-7-3-1-4-8-19)32(29,30)20-9-5-2-6-10-20/h1-12,15H,13-14,16-17H2,(H,26,28). The van der Waals surface area contributed by atoms with Gasteiger partial charge in [-0.1, -0.05) is 65.7 Å². The van der Waals surface area contributed by atoms with E-state index < -0.39 is 10.0 Å². The van der Waals surface area contributed by atoms with Crippen LogP contribution < -0.4 is 9.62 Å². The fourth-order valence-electron chi connectivity index (χ4n) is 2.90. The number of amides is 1. The third kappa shape index (κ3) is 6.65. The van der Waals surface area contributed by atoms with E-state index in [0.717, 1.165) is 15.6 Å². The number of anilines is 1. The molecule has 5 nitrogen and oxygen atoms in total. The second-order valence-electron chi connectivity index (χ2n) is 6.81. The molecule has 32 heavy (non-hydrogen) atoms. The Kier molecular flexibility index (Phi) is 8.87. The lowest BCUT2D eigenvalue weighted by Crippen LogP contribution is -2.41. The summed E-state index contributed by atoms with van der Waals surface area (Å²) in [5.41, 5.74) is 1.47. The number of halogens is 2. The van der Waals surface area contributed by atoms with Crippen molar-refractivity contribution in [3.63, 3.8) is 0 Å². The summed E-state index contributed by atoms with van der Waals surface area (Å²) in [7, 11) is -3.88. The van der Waals surface area contributed by atoms with Gasteiger partial charge in [-0.3, -0.25) is 9.10 Å². The maximum Gasteiger partial charge on any atom is 0.264 e. The summed E-state index contributed by atoms with van der Waals surface area (Å²) >= 11 is 13.6. The molecule has 1 N–H and O–H groups in total. The van der Waals surface area contributed by atoms with E-state index >= 15 is 0 Å². The fraction of sp³-hybridized carbons (Fsp3) is 0.174. The first kappa shape index (κ1) is 24.5. The number of para-hydroxylation sites is 1. The van der Waals surface area contributed by atoms with Crippen LogP contribution in [0.1, 0.15) is 5.56 Å². The van der Waals surface area contributed by atoms with Crippen molar-refractivity contribution in [2.75, 3.05) is 23.1 Å². The molecule has 0 atom stereocenters. The van der Waals surface area contributed by atoms with E-state index in [4.69, 9.17) is 23.2 Å². The van der Waals surface area contributed by atoms with Crippen molar-refractivity contribution < 1.29 is 13.2 Å². The number of nitrogens with zero attached hydrogens (tertiary/aromatic N) is 1. The molecule has 0 saturated heterocycles. The zero-order valence-electron chi connectivity index (χ0n) is 17.1. The van der Waals surface area contributed by atoms with Crippen LogP contribution in [-0.2, 0) is 20.6 Å². The Balaban J connectivity index is 1.58. The smallest absolute Gasteiger partial charge is 0.264 e. The maximum atomic E-state index is 13.2. The Labute approximate surface area is 202 Å². The van der Waals surface area contributed by atoms with Gasteiger partial charge in [-0.05, 0) is 42.0 Å². The first-order chi connectivity index (χ1) is 15.4. The minimum absolute atomic E-state index is 0.133. The second kappa shape index (κ2) is 11.6. The number of hydrogen-bond acceptors (Lipinski definition) is 4. The molecule has 0 aliphatic carbocycles. The van der Waals surface area contributed by atoms with E-state index in [1.54, 1.807) is 66.4 Å². The first-order valence-electron chi connectivity index (χ1n) is 9.79.